The summed E-state index contributed by atoms with van der Waals surface area (Å²) in [7, 11) is 0. The summed E-state index contributed by atoms with van der Waals surface area (Å²) < 4.78 is 5.24. The van der Waals surface area contributed by atoms with E-state index in [2.05, 4.69) is 35.1 Å². The van der Waals surface area contributed by atoms with Crippen LogP contribution in [0.2, 0.25) is 0 Å². The van der Waals surface area contributed by atoms with E-state index in [4.69, 9.17) is 10.5 Å². The molecule has 156 valence electrons. The number of rotatable bonds is 7. The average Bonchev–Trinajstić information content (AvgIpc) is 3.21. The molecule has 1 atom stereocenters. The van der Waals surface area contributed by atoms with Crippen molar-refractivity contribution >= 4 is 23.2 Å². The molecule has 29 heavy (non-hydrogen) atoms. The molecule has 2 aromatic rings. The summed E-state index contributed by atoms with van der Waals surface area (Å²) in [4.78, 5) is 19.5. The quantitative estimate of drug-likeness (QED) is 0.668. The van der Waals surface area contributed by atoms with Gasteiger partial charge in [0.1, 0.15) is 5.82 Å². The molecule has 6 nitrogen and oxygen atoms in total. The molecule has 1 aromatic heterocycles. The van der Waals surface area contributed by atoms with E-state index in [9.17, 15) is 4.79 Å². The smallest absolute Gasteiger partial charge is 0.357 e. The predicted octanol–water partition coefficient (Wildman–Crippen LogP) is 4.57. The molecule has 0 spiro atoms. The zero-order valence-corrected chi connectivity index (χ0v) is 17.9. The highest BCUT2D eigenvalue weighted by atomic mass is 16.5. The Morgan fingerprint density at radius 2 is 2.00 bits per heavy atom. The number of nitrogens with zero attached hydrogens (tertiary/aromatic N) is 2. The monoisotopic (exact) mass is 396 g/mol. The van der Waals surface area contributed by atoms with Gasteiger partial charge in [-0.05, 0) is 56.4 Å². The Hall–Kier alpha value is -2.60. The first kappa shape index (κ1) is 21.1. The number of hydrogen-bond donors (Lipinski definition) is 2. The molecule has 0 radical (unpaired) electrons. The topological polar surface area (TPSA) is 80.5 Å². The molecule has 1 aliphatic heterocycles. The Morgan fingerprint density at radius 3 is 2.62 bits per heavy atom. The number of nitrogens with one attached hydrogen (secondary N) is 1. The van der Waals surface area contributed by atoms with E-state index >= 15 is 0 Å². The van der Waals surface area contributed by atoms with Gasteiger partial charge >= 0.3 is 5.97 Å². The third-order valence-electron chi connectivity index (χ3n) is 5.30. The van der Waals surface area contributed by atoms with Crippen molar-refractivity contribution in [1.29, 1.82) is 0 Å². The molecule has 0 amide bonds. The predicted molar refractivity (Wildman–Crippen MR) is 118 cm³/mol. The molecular formula is C23H32N4O2. The van der Waals surface area contributed by atoms with Crippen LogP contribution in [0.4, 0.5) is 17.2 Å². The van der Waals surface area contributed by atoms with Gasteiger partial charge in [0.15, 0.2) is 5.69 Å². The van der Waals surface area contributed by atoms with Crippen LogP contribution in [-0.2, 0) is 4.74 Å². The highest BCUT2D eigenvalue weighted by Crippen LogP contribution is 2.38. The molecule has 0 bridgehead atoms. The van der Waals surface area contributed by atoms with E-state index in [0.29, 0.717) is 18.1 Å². The van der Waals surface area contributed by atoms with Crippen LogP contribution in [0.1, 0.15) is 61.3 Å². The lowest BCUT2D eigenvalue weighted by Gasteiger charge is -2.29. The maximum absolute atomic E-state index is 12.5. The van der Waals surface area contributed by atoms with Crippen LogP contribution >= 0.6 is 0 Å². The number of esters is 1. The number of aromatic nitrogens is 1. The second-order valence-corrected chi connectivity index (χ2v) is 7.97. The zero-order valence-electron chi connectivity index (χ0n) is 17.9. The summed E-state index contributed by atoms with van der Waals surface area (Å²) in [5, 5.41) is 3.42. The molecule has 0 aliphatic carbocycles. The van der Waals surface area contributed by atoms with E-state index in [-0.39, 0.29) is 12.0 Å². The van der Waals surface area contributed by atoms with E-state index in [0.717, 1.165) is 48.4 Å². The van der Waals surface area contributed by atoms with Gasteiger partial charge in [-0.2, -0.15) is 0 Å². The van der Waals surface area contributed by atoms with E-state index < -0.39 is 5.97 Å². The molecule has 1 aromatic carbocycles. The van der Waals surface area contributed by atoms with Gasteiger partial charge in [-0.3, -0.25) is 0 Å². The fourth-order valence-corrected chi connectivity index (χ4v) is 3.69. The van der Waals surface area contributed by atoms with Crippen LogP contribution in [0.3, 0.4) is 0 Å². The van der Waals surface area contributed by atoms with Crippen molar-refractivity contribution in [1.82, 2.24) is 4.98 Å². The Morgan fingerprint density at radius 1 is 1.28 bits per heavy atom. The Balaban J connectivity index is 2.16. The van der Waals surface area contributed by atoms with E-state index in [1.807, 2.05) is 31.2 Å². The third kappa shape index (κ3) is 4.88. The minimum Gasteiger partial charge on any atom is -0.461 e. The lowest BCUT2D eigenvalue weighted by molar-refractivity contribution is 0.0519. The fourth-order valence-electron chi connectivity index (χ4n) is 3.69. The molecule has 0 saturated carbocycles. The molecule has 3 N–H and O–H groups in total. The SMILES string of the molecule is CCOC(=O)c1cc(N2CCCC2)c(C(N)C(C)C)c(Nc2cccc(C)c2)n1. The van der Waals surface area contributed by atoms with Crippen LogP contribution in [-0.4, -0.2) is 30.6 Å². The highest BCUT2D eigenvalue weighted by molar-refractivity contribution is 5.90. The van der Waals surface area contributed by atoms with Crippen molar-refractivity contribution in [3.8, 4) is 0 Å². The van der Waals surface area contributed by atoms with Gasteiger partial charge in [-0.25, -0.2) is 9.78 Å². The number of hydrogen-bond acceptors (Lipinski definition) is 6. The number of anilines is 3. The van der Waals surface area contributed by atoms with Crippen molar-refractivity contribution in [3.63, 3.8) is 0 Å². The zero-order chi connectivity index (χ0) is 21.0. The minimum atomic E-state index is -0.412. The average molecular weight is 397 g/mol. The highest BCUT2D eigenvalue weighted by Gasteiger charge is 2.27. The number of nitrogens with two attached hydrogens (primary N) is 1. The van der Waals surface area contributed by atoms with Crippen LogP contribution in [0.25, 0.3) is 0 Å². The van der Waals surface area contributed by atoms with Gasteiger partial charge in [-0.15, -0.1) is 0 Å². The third-order valence-corrected chi connectivity index (χ3v) is 5.30. The fraction of sp³-hybridized carbons (Fsp3) is 0.478. The first-order chi connectivity index (χ1) is 13.9. The van der Waals surface area contributed by atoms with Crippen LogP contribution in [0, 0.1) is 12.8 Å². The van der Waals surface area contributed by atoms with Crippen molar-refractivity contribution < 1.29 is 9.53 Å². The lowest BCUT2D eigenvalue weighted by atomic mass is 9.94. The summed E-state index contributed by atoms with van der Waals surface area (Å²) in [6, 6.07) is 9.73. The molecule has 6 heteroatoms. The second kappa shape index (κ2) is 9.27. The van der Waals surface area contributed by atoms with Crippen LogP contribution < -0.4 is 16.0 Å². The van der Waals surface area contributed by atoms with Crippen molar-refractivity contribution in [2.24, 2.45) is 11.7 Å². The molecule has 1 saturated heterocycles. The van der Waals surface area contributed by atoms with E-state index in [1.54, 1.807) is 6.92 Å². The number of ether oxygens (including phenoxy) is 1. The van der Waals surface area contributed by atoms with Gasteiger partial charge in [0, 0.05) is 36.1 Å². The van der Waals surface area contributed by atoms with Crippen molar-refractivity contribution in [2.45, 2.75) is 46.6 Å². The molecule has 1 fully saturated rings. The standard InChI is InChI=1S/C23H32N4O2/c1-5-29-23(28)18-14-19(27-11-6-7-12-27)20(21(24)15(2)3)22(26-18)25-17-10-8-9-16(4)13-17/h8-10,13-15,21H,5-7,11-12,24H2,1-4H3,(H,25,26). The number of pyridine rings is 1. The summed E-state index contributed by atoms with van der Waals surface area (Å²) in [5.41, 5.74) is 11.0. The summed E-state index contributed by atoms with van der Waals surface area (Å²) in [6.45, 7) is 10.3. The Bertz CT molecular complexity index is 860. The number of benzene rings is 1. The first-order valence-electron chi connectivity index (χ1n) is 10.5. The molecular weight excluding hydrogens is 364 g/mol. The van der Waals surface area contributed by atoms with Crippen LogP contribution in [0.5, 0.6) is 0 Å². The second-order valence-electron chi connectivity index (χ2n) is 7.97. The first-order valence-corrected chi connectivity index (χ1v) is 10.5. The number of carbonyl (C=O) groups excluding carboxylic acids is 1. The molecule has 3 rings (SSSR count). The summed E-state index contributed by atoms with van der Waals surface area (Å²) >= 11 is 0. The van der Waals surface area contributed by atoms with Crippen LogP contribution in [0.15, 0.2) is 30.3 Å². The van der Waals surface area contributed by atoms with Gasteiger partial charge in [0.05, 0.1) is 6.61 Å². The molecule has 1 aliphatic rings. The maximum Gasteiger partial charge on any atom is 0.357 e. The number of carbonyl (C=O) groups is 1. The van der Waals surface area contributed by atoms with Gasteiger partial charge < -0.3 is 20.7 Å². The summed E-state index contributed by atoms with van der Waals surface area (Å²) in [6.07, 6.45) is 2.27. The Labute approximate surface area is 173 Å². The van der Waals surface area contributed by atoms with Gasteiger partial charge in [0.2, 0.25) is 0 Å². The Kier molecular flexibility index (Phi) is 6.75. The van der Waals surface area contributed by atoms with Crippen molar-refractivity contribution in [3.05, 3.63) is 47.2 Å². The van der Waals surface area contributed by atoms with Gasteiger partial charge in [0.25, 0.3) is 0 Å². The van der Waals surface area contributed by atoms with Crippen molar-refractivity contribution in [2.75, 3.05) is 29.9 Å². The largest absolute Gasteiger partial charge is 0.461 e. The maximum atomic E-state index is 12.5. The lowest BCUT2D eigenvalue weighted by Crippen LogP contribution is -2.27. The minimum absolute atomic E-state index is 0.207. The van der Waals surface area contributed by atoms with E-state index in [1.165, 1.54) is 0 Å². The van der Waals surface area contributed by atoms with Gasteiger partial charge in [-0.1, -0.05) is 26.0 Å². The normalized spacial score (nSPS) is 14.9. The molecule has 2 heterocycles. The summed E-state index contributed by atoms with van der Waals surface area (Å²) in [5.74, 6) is 0.443. The number of aryl methyl sites for hydroxylation is 1. The molecule has 1 unspecified atom stereocenters.